The topological polar surface area (TPSA) is 56.5 Å². The van der Waals surface area contributed by atoms with Gasteiger partial charge in [0.05, 0.1) is 18.2 Å². The highest BCUT2D eigenvalue weighted by molar-refractivity contribution is 5.91. The Hall–Kier alpha value is -2.88. The zero-order chi connectivity index (χ0) is 14.8. The van der Waals surface area contributed by atoms with Crippen molar-refractivity contribution < 1.29 is 13.9 Å². The van der Waals surface area contributed by atoms with Crippen LogP contribution in [0.3, 0.4) is 0 Å². The SMILES string of the molecule is COC(=O)c1cccc(-c2cc3ccccc3oc2=O)c1. The van der Waals surface area contributed by atoms with Crippen molar-refractivity contribution in [1.29, 1.82) is 0 Å². The molecule has 0 aliphatic heterocycles. The second-order valence-electron chi connectivity index (χ2n) is 4.56. The van der Waals surface area contributed by atoms with E-state index in [0.29, 0.717) is 22.3 Å². The average molecular weight is 280 g/mol. The molecule has 0 N–H and O–H groups in total. The molecule has 0 aliphatic carbocycles. The molecule has 0 unspecified atom stereocenters. The number of carbonyl (C=O) groups is 1. The van der Waals surface area contributed by atoms with Crippen molar-refractivity contribution in [3.63, 3.8) is 0 Å². The van der Waals surface area contributed by atoms with Gasteiger partial charge in [0.2, 0.25) is 0 Å². The Balaban J connectivity index is 2.18. The van der Waals surface area contributed by atoms with E-state index < -0.39 is 11.6 Å². The number of rotatable bonds is 2. The Kier molecular flexibility index (Phi) is 3.28. The molecule has 4 nitrogen and oxygen atoms in total. The molecule has 21 heavy (non-hydrogen) atoms. The normalized spacial score (nSPS) is 10.5. The lowest BCUT2D eigenvalue weighted by Crippen LogP contribution is -2.05. The van der Waals surface area contributed by atoms with Gasteiger partial charge in [-0.25, -0.2) is 9.59 Å². The van der Waals surface area contributed by atoms with Gasteiger partial charge in [-0.05, 0) is 29.8 Å². The van der Waals surface area contributed by atoms with Crippen molar-refractivity contribution in [1.82, 2.24) is 0 Å². The molecule has 0 aliphatic rings. The Morgan fingerprint density at radius 2 is 1.86 bits per heavy atom. The minimum Gasteiger partial charge on any atom is -0.465 e. The maximum absolute atomic E-state index is 12.1. The van der Waals surface area contributed by atoms with Gasteiger partial charge in [0.15, 0.2) is 0 Å². The predicted octanol–water partition coefficient (Wildman–Crippen LogP) is 3.25. The first kappa shape index (κ1) is 13.1. The highest BCUT2D eigenvalue weighted by Crippen LogP contribution is 2.22. The second-order valence-corrected chi connectivity index (χ2v) is 4.56. The highest BCUT2D eigenvalue weighted by atomic mass is 16.5. The molecular formula is C17H12O4. The number of para-hydroxylation sites is 1. The van der Waals surface area contributed by atoms with Gasteiger partial charge >= 0.3 is 11.6 Å². The third-order valence-corrected chi connectivity index (χ3v) is 3.24. The maximum atomic E-state index is 12.1. The minimum atomic E-state index is -0.443. The third kappa shape index (κ3) is 2.43. The van der Waals surface area contributed by atoms with Crippen LogP contribution in [0.1, 0.15) is 10.4 Å². The third-order valence-electron chi connectivity index (χ3n) is 3.24. The first-order valence-electron chi connectivity index (χ1n) is 6.40. The molecule has 0 radical (unpaired) electrons. The Bertz CT molecular complexity index is 877. The molecule has 0 fully saturated rings. The number of fused-ring (bicyclic) bond motifs is 1. The van der Waals surface area contributed by atoms with E-state index in [-0.39, 0.29) is 0 Å². The fourth-order valence-corrected chi connectivity index (χ4v) is 2.19. The van der Waals surface area contributed by atoms with Crippen LogP contribution in [0.5, 0.6) is 0 Å². The van der Waals surface area contributed by atoms with Crippen LogP contribution in [0, 0.1) is 0 Å². The van der Waals surface area contributed by atoms with E-state index in [1.807, 2.05) is 18.2 Å². The zero-order valence-electron chi connectivity index (χ0n) is 11.3. The monoisotopic (exact) mass is 280 g/mol. The Morgan fingerprint density at radius 1 is 1.05 bits per heavy atom. The molecule has 4 heteroatoms. The van der Waals surface area contributed by atoms with Crippen molar-refractivity contribution in [2.75, 3.05) is 7.11 Å². The summed E-state index contributed by atoms with van der Waals surface area (Å²) in [6.45, 7) is 0. The lowest BCUT2D eigenvalue weighted by atomic mass is 10.0. The molecule has 1 aromatic heterocycles. The van der Waals surface area contributed by atoms with Crippen molar-refractivity contribution >= 4 is 16.9 Å². The van der Waals surface area contributed by atoms with Crippen molar-refractivity contribution in [2.24, 2.45) is 0 Å². The lowest BCUT2D eigenvalue weighted by molar-refractivity contribution is 0.0601. The minimum absolute atomic E-state index is 0.391. The number of hydrogen-bond acceptors (Lipinski definition) is 4. The zero-order valence-corrected chi connectivity index (χ0v) is 11.3. The predicted molar refractivity (Wildman–Crippen MR) is 79.3 cm³/mol. The molecule has 3 rings (SSSR count). The van der Waals surface area contributed by atoms with Gasteiger partial charge in [-0.1, -0.05) is 30.3 Å². The molecule has 0 atom stereocenters. The molecule has 0 saturated heterocycles. The van der Waals surface area contributed by atoms with Crippen molar-refractivity contribution in [3.05, 3.63) is 70.6 Å². The maximum Gasteiger partial charge on any atom is 0.344 e. The molecule has 2 aromatic carbocycles. The van der Waals surface area contributed by atoms with Crippen LogP contribution in [-0.4, -0.2) is 13.1 Å². The number of ether oxygens (including phenoxy) is 1. The van der Waals surface area contributed by atoms with E-state index in [2.05, 4.69) is 4.74 Å². The number of esters is 1. The second kappa shape index (κ2) is 5.25. The van der Waals surface area contributed by atoms with Crippen LogP contribution in [0.15, 0.2) is 63.8 Å². The Labute approximate surface area is 120 Å². The van der Waals surface area contributed by atoms with Crippen LogP contribution in [-0.2, 0) is 4.74 Å². The summed E-state index contributed by atoms with van der Waals surface area (Å²) in [5, 5.41) is 0.829. The standard InChI is InChI=1S/C17H12O4/c1-20-16(18)13-7-4-6-11(9-13)14-10-12-5-2-3-8-15(12)21-17(14)19/h2-10H,1H3. The van der Waals surface area contributed by atoms with E-state index in [1.54, 1.807) is 36.4 Å². The van der Waals surface area contributed by atoms with Crippen molar-refractivity contribution in [3.8, 4) is 11.1 Å². The average Bonchev–Trinajstić information content (AvgIpc) is 2.53. The van der Waals surface area contributed by atoms with Gasteiger partial charge in [-0.15, -0.1) is 0 Å². The number of carbonyl (C=O) groups excluding carboxylic acids is 1. The van der Waals surface area contributed by atoms with E-state index in [9.17, 15) is 9.59 Å². The highest BCUT2D eigenvalue weighted by Gasteiger charge is 2.11. The fraction of sp³-hybridized carbons (Fsp3) is 0.0588. The van der Waals surface area contributed by atoms with Gasteiger partial charge in [-0.3, -0.25) is 0 Å². The smallest absolute Gasteiger partial charge is 0.344 e. The van der Waals surface area contributed by atoms with Gasteiger partial charge in [-0.2, -0.15) is 0 Å². The first-order chi connectivity index (χ1) is 10.2. The summed E-state index contributed by atoms with van der Waals surface area (Å²) in [5.74, 6) is -0.443. The molecular weight excluding hydrogens is 268 g/mol. The van der Waals surface area contributed by atoms with Crippen LogP contribution >= 0.6 is 0 Å². The molecule has 0 amide bonds. The van der Waals surface area contributed by atoms with Crippen LogP contribution in [0.25, 0.3) is 22.1 Å². The quantitative estimate of drug-likeness (QED) is 0.534. The fourth-order valence-electron chi connectivity index (χ4n) is 2.19. The van der Waals surface area contributed by atoms with Crippen molar-refractivity contribution in [2.45, 2.75) is 0 Å². The molecule has 104 valence electrons. The number of methoxy groups -OCH3 is 1. The summed E-state index contributed by atoms with van der Waals surface area (Å²) in [4.78, 5) is 23.7. The summed E-state index contributed by atoms with van der Waals surface area (Å²) >= 11 is 0. The first-order valence-corrected chi connectivity index (χ1v) is 6.40. The molecule has 0 bridgehead atoms. The Morgan fingerprint density at radius 3 is 2.67 bits per heavy atom. The molecule has 1 heterocycles. The van der Waals surface area contributed by atoms with Crippen LogP contribution < -0.4 is 5.63 Å². The van der Waals surface area contributed by atoms with E-state index >= 15 is 0 Å². The van der Waals surface area contributed by atoms with E-state index in [4.69, 9.17) is 4.42 Å². The van der Waals surface area contributed by atoms with Gasteiger partial charge in [0.25, 0.3) is 0 Å². The number of hydrogen-bond donors (Lipinski definition) is 0. The summed E-state index contributed by atoms with van der Waals surface area (Å²) in [7, 11) is 1.32. The van der Waals surface area contributed by atoms with Crippen LogP contribution in [0.4, 0.5) is 0 Å². The van der Waals surface area contributed by atoms with Gasteiger partial charge < -0.3 is 9.15 Å². The summed E-state index contributed by atoms with van der Waals surface area (Å²) in [6, 6.07) is 15.8. The number of benzene rings is 2. The van der Waals surface area contributed by atoms with Crippen LogP contribution in [0.2, 0.25) is 0 Å². The summed E-state index contributed by atoms with van der Waals surface area (Å²) in [5.41, 5.74) is 1.53. The summed E-state index contributed by atoms with van der Waals surface area (Å²) in [6.07, 6.45) is 0. The molecule has 0 saturated carbocycles. The largest absolute Gasteiger partial charge is 0.465 e. The van der Waals surface area contributed by atoms with Gasteiger partial charge in [0.1, 0.15) is 5.58 Å². The van der Waals surface area contributed by atoms with E-state index in [1.165, 1.54) is 7.11 Å². The van der Waals surface area contributed by atoms with E-state index in [0.717, 1.165) is 5.39 Å². The van der Waals surface area contributed by atoms with Gasteiger partial charge in [0, 0.05) is 5.39 Å². The molecule has 3 aromatic rings. The lowest BCUT2D eigenvalue weighted by Gasteiger charge is -2.04. The molecule has 0 spiro atoms. The summed E-state index contributed by atoms with van der Waals surface area (Å²) < 4.78 is 9.99.